The monoisotopic (exact) mass is 259 g/mol. The first-order valence-electron chi connectivity index (χ1n) is 5.19. The molecule has 1 aromatic heterocycles. The summed E-state index contributed by atoms with van der Waals surface area (Å²) < 4.78 is 4.56. The van der Waals surface area contributed by atoms with Crippen molar-refractivity contribution in [3.63, 3.8) is 0 Å². The molecular weight excluding hydrogens is 242 g/mol. The highest BCUT2D eigenvalue weighted by atomic mass is 32.2. The summed E-state index contributed by atoms with van der Waals surface area (Å²) in [6.45, 7) is 1.91. The van der Waals surface area contributed by atoms with Gasteiger partial charge in [0.05, 0.1) is 13.5 Å². The molecular formula is C11H17NO2S2. The third kappa shape index (κ3) is 6.15. The smallest absolute Gasteiger partial charge is 0.306 e. The lowest BCUT2D eigenvalue weighted by Gasteiger charge is -2.03. The summed E-state index contributed by atoms with van der Waals surface area (Å²) in [6.07, 6.45) is 0.506. The molecule has 0 aliphatic carbocycles. The number of carbonyl (C=O) groups is 1. The highest BCUT2D eigenvalue weighted by Crippen LogP contribution is 2.05. The summed E-state index contributed by atoms with van der Waals surface area (Å²) in [5.41, 5.74) is 1.34. The average molecular weight is 259 g/mol. The van der Waals surface area contributed by atoms with Crippen LogP contribution in [0, 0.1) is 0 Å². The van der Waals surface area contributed by atoms with Crippen molar-refractivity contribution in [2.75, 3.05) is 25.2 Å². The van der Waals surface area contributed by atoms with Crippen molar-refractivity contribution in [1.29, 1.82) is 0 Å². The second-order valence-corrected chi connectivity index (χ2v) is 5.25. The van der Waals surface area contributed by atoms with Gasteiger partial charge >= 0.3 is 5.97 Å². The number of ether oxygens (including phenoxy) is 1. The zero-order chi connectivity index (χ0) is 11.6. The van der Waals surface area contributed by atoms with Gasteiger partial charge in [-0.05, 0) is 22.4 Å². The molecule has 5 heteroatoms. The van der Waals surface area contributed by atoms with Gasteiger partial charge in [-0.25, -0.2) is 0 Å². The third-order valence-corrected chi connectivity index (χ3v) is 3.73. The van der Waals surface area contributed by atoms with E-state index in [0.29, 0.717) is 6.42 Å². The molecule has 0 aliphatic rings. The fourth-order valence-electron chi connectivity index (χ4n) is 1.13. The maximum atomic E-state index is 10.8. The van der Waals surface area contributed by atoms with Crippen LogP contribution >= 0.6 is 23.1 Å². The first kappa shape index (κ1) is 13.5. The van der Waals surface area contributed by atoms with Crippen molar-refractivity contribution >= 4 is 29.1 Å². The summed E-state index contributed by atoms with van der Waals surface area (Å²) in [4.78, 5) is 10.8. The summed E-state index contributed by atoms with van der Waals surface area (Å²) in [7, 11) is 1.43. The third-order valence-electron chi connectivity index (χ3n) is 2.01. The van der Waals surface area contributed by atoms with Crippen molar-refractivity contribution in [3.05, 3.63) is 22.4 Å². The van der Waals surface area contributed by atoms with Crippen LogP contribution in [-0.2, 0) is 16.1 Å². The molecule has 1 heterocycles. The van der Waals surface area contributed by atoms with Crippen molar-refractivity contribution in [2.45, 2.75) is 13.0 Å². The standard InChI is InChI=1S/C11H17NO2S2/c1-14-11(13)3-6-15-7-4-12-8-10-2-5-16-9-10/h2,5,9,12H,3-4,6-8H2,1H3. The zero-order valence-electron chi connectivity index (χ0n) is 9.40. The van der Waals surface area contributed by atoms with Crippen molar-refractivity contribution in [3.8, 4) is 0 Å². The molecule has 3 nitrogen and oxygen atoms in total. The van der Waals surface area contributed by atoms with Crippen LogP contribution in [0.25, 0.3) is 0 Å². The molecule has 0 bridgehead atoms. The number of methoxy groups -OCH3 is 1. The highest BCUT2D eigenvalue weighted by Gasteiger charge is 1.99. The normalized spacial score (nSPS) is 10.3. The van der Waals surface area contributed by atoms with E-state index in [-0.39, 0.29) is 5.97 Å². The van der Waals surface area contributed by atoms with E-state index in [9.17, 15) is 4.79 Å². The van der Waals surface area contributed by atoms with E-state index in [4.69, 9.17) is 0 Å². The molecule has 0 aliphatic heterocycles. The first-order chi connectivity index (χ1) is 7.83. The number of rotatable bonds is 8. The molecule has 0 radical (unpaired) electrons. The molecule has 0 amide bonds. The van der Waals surface area contributed by atoms with Gasteiger partial charge in [-0.1, -0.05) is 0 Å². The fourth-order valence-corrected chi connectivity index (χ4v) is 2.60. The van der Waals surface area contributed by atoms with E-state index in [1.54, 1.807) is 23.1 Å². The number of hydrogen-bond donors (Lipinski definition) is 1. The van der Waals surface area contributed by atoms with Crippen LogP contribution in [0.15, 0.2) is 16.8 Å². The lowest BCUT2D eigenvalue weighted by molar-refractivity contribution is -0.140. The van der Waals surface area contributed by atoms with Gasteiger partial charge in [0.1, 0.15) is 0 Å². The highest BCUT2D eigenvalue weighted by molar-refractivity contribution is 7.99. The number of hydrogen-bond acceptors (Lipinski definition) is 5. The van der Waals surface area contributed by atoms with Crippen LogP contribution in [0.1, 0.15) is 12.0 Å². The number of carbonyl (C=O) groups excluding carboxylic acids is 1. The quantitative estimate of drug-likeness (QED) is 0.573. The van der Waals surface area contributed by atoms with Gasteiger partial charge in [0.25, 0.3) is 0 Å². The molecule has 16 heavy (non-hydrogen) atoms. The molecule has 1 aromatic rings. The van der Waals surface area contributed by atoms with Gasteiger partial charge in [0.2, 0.25) is 0 Å². The van der Waals surface area contributed by atoms with E-state index in [1.807, 2.05) is 0 Å². The van der Waals surface area contributed by atoms with E-state index in [1.165, 1.54) is 12.7 Å². The second-order valence-electron chi connectivity index (χ2n) is 3.25. The number of thioether (sulfide) groups is 1. The minimum Gasteiger partial charge on any atom is -0.469 e. The minimum atomic E-state index is -0.126. The summed E-state index contributed by atoms with van der Waals surface area (Å²) in [5, 5.41) is 7.60. The molecule has 0 saturated heterocycles. The molecule has 90 valence electrons. The van der Waals surface area contributed by atoms with Gasteiger partial charge in [-0.15, -0.1) is 0 Å². The Morgan fingerprint density at radius 3 is 3.12 bits per heavy atom. The summed E-state index contributed by atoms with van der Waals surface area (Å²) >= 11 is 3.49. The maximum absolute atomic E-state index is 10.8. The van der Waals surface area contributed by atoms with Gasteiger partial charge in [0.15, 0.2) is 0 Å². The predicted molar refractivity (Wildman–Crippen MR) is 70.0 cm³/mol. The Balaban J connectivity index is 1.87. The molecule has 0 unspecified atom stereocenters. The fraction of sp³-hybridized carbons (Fsp3) is 0.545. The molecule has 0 aromatic carbocycles. The van der Waals surface area contributed by atoms with Crippen LogP contribution in [0.2, 0.25) is 0 Å². The Hall–Kier alpha value is -0.520. The molecule has 0 spiro atoms. The maximum Gasteiger partial charge on any atom is 0.306 e. The zero-order valence-corrected chi connectivity index (χ0v) is 11.0. The van der Waals surface area contributed by atoms with E-state index >= 15 is 0 Å². The largest absolute Gasteiger partial charge is 0.469 e. The van der Waals surface area contributed by atoms with Crippen LogP contribution < -0.4 is 5.32 Å². The molecule has 1 rings (SSSR count). The van der Waals surface area contributed by atoms with Crippen LogP contribution in [-0.4, -0.2) is 31.1 Å². The molecule has 0 fully saturated rings. The Morgan fingerprint density at radius 2 is 2.44 bits per heavy atom. The number of thiophene rings is 1. The van der Waals surface area contributed by atoms with Gasteiger partial charge < -0.3 is 10.1 Å². The van der Waals surface area contributed by atoms with Crippen molar-refractivity contribution in [2.24, 2.45) is 0 Å². The van der Waals surface area contributed by atoms with Crippen molar-refractivity contribution < 1.29 is 9.53 Å². The van der Waals surface area contributed by atoms with E-state index in [2.05, 4.69) is 26.9 Å². The summed E-state index contributed by atoms with van der Waals surface area (Å²) in [6, 6.07) is 2.13. The number of esters is 1. The van der Waals surface area contributed by atoms with Gasteiger partial charge in [-0.2, -0.15) is 23.1 Å². The van der Waals surface area contributed by atoms with Gasteiger partial charge in [0, 0.05) is 24.6 Å². The van der Waals surface area contributed by atoms with Crippen LogP contribution in [0.3, 0.4) is 0 Å². The first-order valence-corrected chi connectivity index (χ1v) is 7.29. The Bertz CT molecular complexity index is 288. The minimum absolute atomic E-state index is 0.126. The van der Waals surface area contributed by atoms with Crippen molar-refractivity contribution in [1.82, 2.24) is 5.32 Å². The van der Waals surface area contributed by atoms with E-state index < -0.39 is 0 Å². The average Bonchev–Trinajstić information content (AvgIpc) is 2.80. The molecule has 1 N–H and O–H groups in total. The second kappa shape index (κ2) is 8.61. The Labute approximate surface area is 105 Å². The molecule has 0 saturated carbocycles. The van der Waals surface area contributed by atoms with Gasteiger partial charge in [-0.3, -0.25) is 4.79 Å². The summed E-state index contributed by atoms with van der Waals surface area (Å²) in [5.74, 6) is 1.74. The Morgan fingerprint density at radius 1 is 1.56 bits per heavy atom. The topological polar surface area (TPSA) is 38.3 Å². The SMILES string of the molecule is COC(=O)CCSCCNCc1ccsc1. The Kier molecular flexibility index (Phi) is 7.29. The van der Waals surface area contributed by atoms with E-state index in [0.717, 1.165) is 24.6 Å². The van der Waals surface area contributed by atoms with Crippen LogP contribution in [0.4, 0.5) is 0 Å². The lowest BCUT2D eigenvalue weighted by atomic mass is 10.3. The predicted octanol–water partition coefficient (Wildman–Crippen LogP) is 2.13. The molecule has 0 atom stereocenters. The number of nitrogens with one attached hydrogen (secondary N) is 1. The van der Waals surface area contributed by atoms with Crippen LogP contribution in [0.5, 0.6) is 0 Å². The lowest BCUT2D eigenvalue weighted by Crippen LogP contribution is -2.16.